The first-order valence-corrected chi connectivity index (χ1v) is 11.7. The standard InChI is InChI=1S/C19H23Br2NO4S/c1-11(2)15-10-16(17(20)19(21,12(3)4)18(15)23)22-26-27(24,25)14-8-6-13(5)7-9-14/h6-12,17H,1-5H3/b22-16-. The fourth-order valence-corrected chi connectivity index (χ4v) is 4.90. The van der Waals surface area contributed by atoms with Crippen molar-refractivity contribution in [1.29, 1.82) is 0 Å². The molecule has 1 aromatic carbocycles. The second-order valence-corrected chi connectivity index (χ2v) is 11.0. The van der Waals surface area contributed by atoms with Crippen LogP contribution in [-0.2, 0) is 19.2 Å². The van der Waals surface area contributed by atoms with Crippen molar-refractivity contribution in [2.45, 2.75) is 48.7 Å². The Kier molecular flexibility index (Phi) is 6.75. The number of nitrogens with zero attached hydrogens (tertiary/aromatic N) is 1. The predicted molar refractivity (Wildman–Crippen MR) is 114 cm³/mol. The van der Waals surface area contributed by atoms with E-state index in [0.29, 0.717) is 11.3 Å². The number of ketones is 1. The van der Waals surface area contributed by atoms with Crippen LogP contribution in [0.1, 0.15) is 33.3 Å². The van der Waals surface area contributed by atoms with Crippen LogP contribution in [0.3, 0.4) is 0 Å². The lowest BCUT2D eigenvalue weighted by Crippen LogP contribution is -2.52. The van der Waals surface area contributed by atoms with Gasteiger partial charge in [0.05, 0.1) is 10.5 Å². The highest BCUT2D eigenvalue weighted by Crippen LogP contribution is 2.43. The maximum Gasteiger partial charge on any atom is 0.358 e. The van der Waals surface area contributed by atoms with Crippen molar-refractivity contribution in [1.82, 2.24) is 0 Å². The normalized spacial score (nSPS) is 25.2. The number of alkyl halides is 2. The summed E-state index contributed by atoms with van der Waals surface area (Å²) in [6, 6.07) is 6.32. The Labute approximate surface area is 177 Å². The first-order valence-electron chi connectivity index (χ1n) is 8.58. The van der Waals surface area contributed by atoms with Crippen LogP contribution >= 0.6 is 31.9 Å². The van der Waals surface area contributed by atoms with E-state index in [1.54, 1.807) is 18.2 Å². The minimum atomic E-state index is -4.05. The van der Waals surface area contributed by atoms with Crippen molar-refractivity contribution in [2.75, 3.05) is 0 Å². The van der Waals surface area contributed by atoms with Gasteiger partial charge in [0, 0.05) is 5.57 Å². The second-order valence-electron chi connectivity index (χ2n) is 7.23. The van der Waals surface area contributed by atoms with E-state index in [9.17, 15) is 13.2 Å². The average molecular weight is 521 g/mol. The molecule has 0 spiro atoms. The Hall–Kier alpha value is -0.990. The van der Waals surface area contributed by atoms with Crippen molar-refractivity contribution in [3.63, 3.8) is 0 Å². The number of hydrogen-bond donors (Lipinski definition) is 0. The molecule has 0 aliphatic heterocycles. The number of halogens is 2. The minimum absolute atomic E-state index is 0.0254. The second kappa shape index (κ2) is 8.17. The molecule has 0 amide bonds. The number of carbonyl (C=O) groups excluding carboxylic acids is 1. The lowest BCUT2D eigenvalue weighted by Gasteiger charge is -2.39. The summed E-state index contributed by atoms with van der Waals surface area (Å²) in [4.78, 5) is 12.5. The maximum atomic E-state index is 13.0. The highest BCUT2D eigenvalue weighted by Gasteiger charge is 2.51. The third-order valence-corrected chi connectivity index (χ3v) is 9.21. The van der Waals surface area contributed by atoms with Gasteiger partial charge in [0.1, 0.15) is 9.22 Å². The Bertz CT molecular complexity index is 889. The molecule has 0 aromatic heterocycles. The molecule has 1 aromatic rings. The van der Waals surface area contributed by atoms with Gasteiger partial charge in [-0.25, -0.2) is 0 Å². The summed E-state index contributed by atoms with van der Waals surface area (Å²) < 4.78 is 28.9. The number of benzene rings is 1. The Morgan fingerprint density at radius 2 is 1.70 bits per heavy atom. The molecule has 0 fully saturated rings. The van der Waals surface area contributed by atoms with Gasteiger partial charge in [-0.2, -0.15) is 8.42 Å². The van der Waals surface area contributed by atoms with E-state index in [4.69, 9.17) is 4.28 Å². The van der Waals surface area contributed by atoms with Gasteiger partial charge in [-0.05, 0) is 37.0 Å². The van der Waals surface area contributed by atoms with Gasteiger partial charge in [0.25, 0.3) is 0 Å². The van der Waals surface area contributed by atoms with Crippen LogP contribution in [0.2, 0.25) is 0 Å². The average Bonchev–Trinajstić information content (AvgIpc) is 2.59. The van der Waals surface area contributed by atoms with E-state index < -0.39 is 19.3 Å². The molecule has 148 valence electrons. The predicted octanol–water partition coefficient (Wildman–Crippen LogP) is 4.77. The van der Waals surface area contributed by atoms with E-state index in [-0.39, 0.29) is 22.5 Å². The van der Waals surface area contributed by atoms with Crippen LogP contribution in [0.25, 0.3) is 0 Å². The van der Waals surface area contributed by atoms with Gasteiger partial charge < -0.3 is 0 Å². The summed E-state index contributed by atoms with van der Waals surface area (Å²) in [7, 11) is -4.05. The smallest absolute Gasteiger partial charge is 0.293 e. The summed E-state index contributed by atoms with van der Waals surface area (Å²) in [5.41, 5.74) is 1.86. The molecule has 1 aliphatic rings. The van der Waals surface area contributed by atoms with Gasteiger partial charge >= 0.3 is 10.1 Å². The molecule has 8 heteroatoms. The van der Waals surface area contributed by atoms with Crippen molar-refractivity contribution in [3.8, 4) is 0 Å². The summed E-state index contributed by atoms with van der Waals surface area (Å²) in [5, 5.41) is 3.90. The molecule has 2 unspecified atom stereocenters. The van der Waals surface area contributed by atoms with Gasteiger partial charge in [0.15, 0.2) is 5.78 Å². The van der Waals surface area contributed by atoms with Crippen molar-refractivity contribution < 1.29 is 17.5 Å². The monoisotopic (exact) mass is 519 g/mol. The van der Waals surface area contributed by atoms with Crippen LogP contribution in [-0.4, -0.2) is 29.1 Å². The molecule has 27 heavy (non-hydrogen) atoms. The zero-order valence-electron chi connectivity index (χ0n) is 15.9. The van der Waals surface area contributed by atoms with E-state index in [1.807, 2.05) is 34.6 Å². The van der Waals surface area contributed by atoms with Gasteiger partial charge in [-0.3, -0.25) is 9.08 Å². The molecule has 0 heterocycles. The fourth-order valence-electron chi connectivity index (χ4n) is 2.75. The van der Waals surface area contributed by atoms with Gasteiger partial charge in [-0.15, -0.1) is 0 Å². The first-order chi connectivity index (χ1) is 12.4. The lowest BCUT2D eigenvalue weighted by atomic mass is 9.76. The number of hydrogen-bond acceptors (Lipinski definition) is 5. The molecule has 1 aliphatic carbocycles. The quantitative estimate of drug-likeness (QED) is 0.414. The van der Waals surface area contributed by atoms with E-state index >= 15 is 0 Å². The molecule has 0 bridgehead atoms. The number of carbonyl (C=O) groups is 1. The molecule has 2 atom stereocenters. The summed E-state index contributed by atoms with van der Waals surface area (Å²) in [6.45, 7) is 9.53. The zero-order valence-corrected chi connectivity index (χ0v) is 19.9. The highest BCUT2D eigenvalue weighted by molar-refractivity contribution is 9.13. The third-order valence-electron chi connectivity index (χ3n) is 4.55. The van der Waals surface area contributed by atoms with Crippen molar-refractivity contribution >= 4 is 53.5 Å². The molecule has 2 rings (SSSR count). The van der Waals surface area contributed by atoms with Crippen LogP contribution < -0.4 is 0 Å². The number of rotatable bonds is 5. The lowest BCUT2D eigenvalue weighted by molar-refractivity contribution is -0.118. The number of aryl methyl sites for hydroxylation is 1. The van der Waals surface area contributed by atoms with Crippen LogP contribution in [0, 0.1) is 18.8 Å². The van der Waals surface area contributed by atoms with Crippen LogP contribution in [0.5, 0.6) is 0 Å². The zero-order chi connectivity index (χ0) is 20.6. The summed E-state index contributed by atoms with van der Waals surface area (Å²) in [6.07, 6.45) is 1.61. The largest absolute Gasteiger partial charge is 0.358 e. The summed E-state index contributed by atoms with van der Waals surface area (Å²) >= 11 is 7.10. The van der Waals surface area contributed by atoms with Gasteiger partial charge in [0.2, 0.25) is 0 Å². The third kappa shape index (κ3) is 4.38. The maximum absolute atomic E-state index is 13.0. The van der Waals surface area contributed by atoms with Crippen molar-refractivity contribution in [2.24, 2.45) is 17.0 Å². The van der Waals surface area contributed by atoms with Crippen molar-refractivity contribution in [3.05, 3.63) is 41.5 Å². The Morgan fingerprint density at radius 3 is 2.19 bits per heavy atom. The number of allylic oxidation sites excluding steroid dienone is 2. The van der Waals surface area contributed by atoms with Crippen LogP contribution in [0.4, 0.5) is 0 Å². The number of oxime groups is 1. The van der Waals surface area contributed by atoms with E-state index in [1.165, 1.54) is 12.1 Å². The Morgan fingerprint density at radius 1 is 1.15 bits per heavy atom. The highest BCUT2D eigenvalue weighted by atomic mass is 79.9. The number of Topliss-reactive ketones (excluding diaryl/α,β-unsaturated/α-hetero) is 1. The molecule has 0 radical (unpaired) electrons. The first kappa shape index (κ1) is 22.3. The molecule has 0 N–H and O–H groups in total. The van der Waals surface area contributed by atoms with E-state index in [2.05, 4.69) is 37.0 Å². The summed E-state index contributed by atoms with van der Waals surface area (Å²) in [5.74, 6) is -0.127. The molecular weight excluding hydrogens is 498 g/mol. The topological polar surface area (TPSA) is 72.8 Å². The minimum Gasteiger partial charge on any atom is -0.293 e. The van der Waals surface area contributed by atoms with E-state index in [0.717, 1.165) is 5.56 Å². The Balaban J connectivity index is 2.45. The van der Waals surface area contributed by atoms with Gasteiger partial charge in [-0.1, -0.05) is 82.4 Å². The SMILES string of the molecule is Cc1ccc(S(=O)(=O)O/N=C2/C=C(C(C)C)C(=O)C(Br)(C(C)C)C2Br)cc1. The molecule has 0 saturated carbocycles. The molecule has 0 saturated heterocycles. The molecular formula is C19H23Br2NO4S. The molecule has 5 nitrogen and oxygen atoms in total. The fraction of sp³-hybridized carbons (Fsp3) is 0.474. The van der Waals surface area contributed by atoms with Crippen LogP contribution in [0.15, 0.2) is 46.0 Å².